The molecule has 2 rings (SSSR count). The van der Waals surface area contributed by atoms with E-state index in [0.717, 1.165) is 5.56 Å². The molecule has 4 nitrogen and oxygen atoms in total. The summed E-state index contributed by atoms with van der Waals surface area (Å²) >= 11 is 6.01. The van der Waals surface area contributed by atoms with Crippen molar-refractivity contribution >= 4 is 27.3 Å². The Bertz CT molecular complexity index is 779. The molecule has 0 aliphatic carbocycles. The van der Waals surface area contributed by atoms with Gasteiger partial charge in [0.1, 0.15) is 5.82 Å². The van der Waals surface area contributed by atoms with Crippen LogP contribution in [0.5, 0.6) is 0 Å². The summed E-state index contributed by atoms with van der Waals surface area (Å²) in [5.41, 5.74) is 1.84. The monoisotopic (exact) mass is 328 g/mol. The van der Waals surface area contributed by atoms with Crippen LogP contribution in [-0.4, -0.2) is 8.42 Å². The summed E-state index contributed by atoms with van der Waals surface area (Å²) in [7, 11) is -3.79. The fourth-order valence-electron chi connectivity index (χ4n) is 1.83. The van der Waals surface area contributed by atoms with Gasteiger partial charge >= 0.3 is 0 Å². The summed E-state index contributed by atoms with van der Waals surface area (Å²) < 4.78 is 35.8. The van der Waals surface area contributed by atoms with Gasteiger partial charge in [-0.05, 0) is 42.3 Å². The van der Waals surface area contributed by atoms with Crippen molar-refractivity contribution in [3.8, 4) is 0 Å². The second-order valence-electron chi connectivity index (χ2n) is 4.62. The molecule has 2 aromatic rings. The zero-order valence-corrected chi connectivity index (χ0v) is 12.8. The molecule has 0 aromatic heterocycles. The van der Waals surface area contributed by atoms with E-state index in [1.165, 1.54) is 24.3 Å². The number of nitrogens with one attached hydrogen (secondary N) is 1. The van der Waals surface area contributed by atoms with Crippen molar-refractivity contribution in [1.82, 2.24) is 0 Å². The lowest BCUT2D eigenvalue weighted by Crippen LogP contribution is -2.12. The van der Waals surface area contributed by atoms with Gasteiger partial charge in [0.05, 0.1) is 15.6 Å². The SMILES string of the molecule is Cc1cc(CNc2cc(S(N)(=O)=O)ccc2Cl)ccc1F. The first-order chi connectivity index (χ1) is 9.77. The number of primary sulfonamides is 1. The van der Waals surface area contributed by atoms with E-state index >= 15 is 0 Å². The maximum Gasteiger partial charge on any atom is 0.238 e. The van der Waals surface area contributed by atoms with E-state index in [0.29, 0.717) is 22.8 Å². The Labute approximate surface area is 127 Å². The topological polar surface area (TPSA) is 72.2 Å². The molecule has 0 saturated carbocycles. The van der Waals surface area contributed by atoms with E-state index < -0.39 is 10.0 Å². The van der Waals surface area contributed by atoms with Crippen molar-refractivity contribution in [1.29, 1.82) is 0 Å². The smallest absolute Gasteiger partial charge is 0.238 e. The predicted molar refractivity (Wildman–Crippen MR) is 81.3 cm³/mol. The minimum atomic E-state index is -3.79. The Morgan fingerprint density at radius 3 is 2.57 bits per heavy atom. The lowest BCUT2D eigenvalue weighted by Gasteiger charge is -2.10. The normalized spacial score (nSPS) is 11.4. The zero-order valence-electron chi connectivity index (χ0n) is 11.2. The third kappa shape index (κ3) is 3.93. The molecule has 2 aromatic carbocycles. The molecule has 7 heteroatoms. The van der Waals surface area contributed by atoms with Gasteiger partial charge in [0, 0.05) is 6.54 Å². The molecule has 0 aliphatic rings. The standard InChI is InChI=1S/C14H14ClFN2O2S/c1-9-6-10(2-5-13(9)16)8-18-14-7-11(21(17,19)20)3-4-12(14)15/h2-7,18H,8H2,1H3,(H2,17,19,20). The van der Waals surface area contributed by atoms with Gasteiger partial charge in [0.2, 0.25) is 10.0 Å². The molecule has 0 radical (unpaired) electrons. The Kier molecular flexibility index (Phi) is 4.51. The van der Waals surface area contributed by atoms with Gasteiger partial charge in [-0.2, -0.15) is 0 Å². The first-order valence-corrected chi connectivity index (χ1v) is 8.01. The number of sulfonamides is 1. The van der Waals surface area contributed by atoms with Gasteiger partial charge in [-0.1, -0.05) is 23.7 Å². The average Bonchev–Trinajstić information content (AvgIpc) is 2.40. The number of hydrogen-bond donors (Lipinski definition) is 2. The predicted octanol–water partition coefficient (Wildman–Crippen LogP) is 3.05. The minimum absolute atomic E-state index is 0.0234. The van der Waals surface area contributed by atoms with Crippen molar-refractivity contribution in [3.63, 3.8) is 0 Å². The van der Waals surface area contributed by atoms with Gasteiger partial charge in [-0.25, -0.2) is 17.9 Å². The summed E-state index contributed by atoms with van der Waals surface area (Å²) in [6.45, 7) is 2.06. The van der Waals surface area contributed by atoms with Crippen LogP contribution in [-0.2, 0) is 16.6 Å². The first kappa shape index (κ1) is 15.8. The lowest BCUT2D eigenvalue weighted by atomic mass is 10.1. The molecule has 0 heterocycles. The maximum atomic E-state index is 13.2. The van der Waals surface area contributed by atoms with Crippen molar-refractivity contribution < 1.29 is 12.8 Å². The van der Waals surface area contributed by atoms with E-state index in [9.17, 15) is 12.8 Å². The molecule has 21 heavy (non-hydrogen) atoms. The Hall–Kier alpha value is -1.63. The van der Waals surface area contributed by atoms with E-state index in [1.807, 2.05) is 0 Å². The molecule has 0 spiro atoms. The highest BCUT2D eigenvalue weighted by molar-refractivity contribution is 7.89. The molecule has 0 fully saturated rings. The zero-order chi connectivity index (χ0) is 15.6. The number of nitrogens with two attached hydrogens (primary N) is 1. The second-order valence-corrected chi connectivity index (χ2v) is 6.59. The van der Waals surface area contributed by atoms with Crippen molar-refractivity contribution in [2.75, 3.05) is 5.32 Å². The van der Waals surface area contributed by atoms with Crippen LogP contribution in [0.25, 0.3) is 0 Å². The molecular formula is C14H14ClFN2O2S. The highest BCUT2D eigenvalue weighted by atomic mass is 35.5. The van der Waals surface area contributed by atoms with E-state index in [2.05, 4.69) is 5.32 Å². The third-order valence-electron chi connectivity index (χ3n) is 2.97. The highest BCUT2D eigenvalue weighted by Gasteiger charge is 2.10. The fourth-order valence-corrected chi connectivity index (χ4v) is 2.56. The van der Waals surface area contributed by atoms with Crippen molar-refractivity contribution in [2.45, 2.75) is 18.4 Å². The number of anilines is 1. The molecule has 3 N–H and O–H groups in total. The van der Waals surface area contributed by atoms with Crippen LogP contribution >= 0.6 is 11.6 Å². The van der Waals surface area contributed by atoms with Crippen LogP contribution < -0.4 is 10.5 Å². The van der Waals surface area contributed by atoms with Crippen molar-refractivity contribution in [2.24, 2.45) is 5.14 Å². The van der Waals surface area contributed by atoms with Crippen molar-refractivity contribution in [3.05, 3.63) is 58.4 Å². The van der Waals surface area contributed by atoms with Crippen LogP contribution in [0.15, 0.2) is 41.3 Å². The summed E-state index contributed by atoms with van der Waals surface area (Å²) in [6, 6.07) is 8.90. The third-order valence-corrected chi connectivity index (χ3v) is 4.21. The van der Waals surface area contributed by atoms with Crippen LogP contribution in [0.4, 0.5) is 10.1 Å². The van der Waals surface area contributed by atoms with E-state index in [1.54, 1.807) is 19.1 Å². The molecule has 0 atom stereocenters. The largest absolute Gasteiger partial charge is 0.380 e. The summed E-state index contributed by atoms with van der Waals surface area (Å²) in [4.78, 5) is -0.0234. The van der Waals surface area contributed by atoms with Gasteiger partial charge < -0.3 is 5.32 Å². The minimum Gasteiger partial charge on any atom is -0.380 e. The Morgan fingerprint density at radius 2 is 1.95 bits per heavy atom. The summed E-state index contributed by atoms with van der Waals surface area (Å²) in [5, 5.41) is 8.47. The fraction of sp³-hybridized carbons (Fsp3) is 0.143. The number of benzene rings is 2. The Balaban J connectivity index is 2.21. The first-order valence-electron chi connectivity index (χ1n) is 6.08. The molecule has 0 saturated heterocycles. The lowest BCUT2D eigenvalue weighted by molar-refractivity contribution is 0.598. The van der Waals surface area contributed by atoms with Crippen LogP contribution in [0, 0.1) is 12.7 Å². The number of halogens is 2. The van der Waals surface area contributed by atoms with E-state index in [-0.39, 0.29) is 10.7 Å². The highest BCUT2D eigenvalue weighted by Crippen LogP contribution is 2.25. The molecule has 112 valence electrons. The molecule has 0 unspecified atom stereocenters. The number of aryl methyl sites for hydroxylation is 1. The molecule has 0 aliphatic heterocycles. The molecule has 0 amide bonds. The quantitative estimate of drug-likeness (QED) is 0.906. The average molecular weight is 329 g/mol. The van der Waals surface area contributed by atoms with Gasteiger partial charge in [-0.3, -0.25) is 0 Å². The van der Waals surface area contributed by atoms with Gasteiger partial charge in [-0.15, -0.1) is 0 Å². The van der Waals surface area contributed by atoms with E-state index in [4.69, 9.17) is 16.7 Å². The van der Waals surface area contributed by atoms with Gasteiger partial charge in [0.25, 0.3) is 0 Å². The summed E-state index contributed by atoms with van der Waals surface area (Å²) in [6.07, 6.45) is 0. The molecular weight excluding hydrogens is 315 g/mol. The Morgan fingerprint density at radius 1 is 1.24 bits per heavy atom. The summed E-state index contributed by atoms with van der Waals surface area (Å²) in [5.74, 6) is -0.270. The number of rotatable bonds is 4. The second kappa shape index (κ2) is 6.01. The van der Waals surface area contributed by atoms with Gasteiger partial charge in [0.15, 0.2) is 0 Å². The molecule has 0 bridgehead atoms. The van der Waals surface area contributed by atoms with Crippen LogP contribution in [0.3, 0.4) is 0 Å². The maximum absolute atomic E-state index is 13.2. The number of hydrogen-bond acceptors (Lipinski definition) is 3. The van der Waals surface area contributed by atoms with Crippen LogP contribution in [0.1, 0.15) is 11.1 Å². The van der Waals surface area contributed by atoms with Crippen LogP contribution in [0.2, 0.25) is 5.02 Å².